The Morgan fingerprint density at radius 1 is 0.931 bits per heavy atom. The Labute approximate surface area is 172 Å². The van der Waals surface area contributed by atoms with E-state index in [4.69, 9.17) is 9.26 Å². The van der Waals surface area contributed by atoms with Gasteiger partial charge in [-0.1, -0.05) is 47.1 Å². The van der Waals surface area contributed by atoms with Gasteiger partial charge in [0, 0.05) is 38.3 Å². The smallest absolute Gasteiger partial charge is 0.241 e. The first kappa shape index (κ1) is 19.6. The average molecular weight is 393 g/mol. The van der Waals surface area contributed by atoms with E-state index in [9.17, 15) is 0 Å². The molecule has 0 radical (unpaired) electrons. The van der Waals surface area contributed by atoms with Crippen LogP contribution in [0.5, 0.6) is 5.75 Å². The van der Waals surface area contributed by atoms with Gasteiger partial charge in [0.05, 0.1) is 6.54 Å². The molecule has 6 heteroatoms. The molecule has 29 heavy (non-hydrogen) atoms. The second-order valence-electron chi connectivity index (χ2n) is 7.66. The minimum Gasteiger partial charge on any atom is -0.492 e. The van der Waals surface area contributed by atoms with Gasteiger partial charge in [-0.05, 0) is 31.5 Å². The molecule has 0 saturated carbocycles. The van der Waals surface area contributed by atoms with E-state index in [1.54, 1.807) is 0 Å². The van der Waals surface area contributed by atoms with Crippen molar-refractivity contribution >= 4 is 0 Å². The van der Waals surface area contributed by atoms with Crippen LogP contribution in [0.3, 0.4) is 0 Å². The van der Waals surface area contributed by atoms with Crippen LogP contribution in [-0.4, -0.2) is 59.3 Å². The number of ether oxygens (including phenoxy) is 1. The van der Waals surface area contributed by atoms with E-state index >= 15 is 0 Å². The van der Waals surface area contributed by atoms with Crippen LogP contribution in [0.4, 0.5) is 0 Å². The van der Waals surface area contributed by atoms with Gasteiger partial charge < -0.3 is 9.26 Å². The fourth-order valence-corrected chi connectivity index (χ4v) is 3.50. The quantitative estimate of drug-likeness (QED) is 0.613. The summed E-state index contributed by atoms with van der Waals surface area (Å²) < 4.78 is 11.3. The van der Waals surface area contributed by atoms with Gasteiger partial charge in [-0.3, -0.25) is 9.80 Å². The monoisotopic (exact) mass is 392 g/mol. The molecule has 0 atom stereocenters. The molecule has 1 aromatic heterocycles. The van der Waals surface area contributed by atoms with Crippen molar-refractivity contribution in [2.75, 3.05) is 39.3 Å². The fourth-order valence-electron chi connectivity index (χ4n) is 3.50. The highest BCUT2D eigenvalue weighted by Gasteiger charge is 2.19. The summed E-state index contributed by atoms with van der Waals surface area (Å²) in [5.74, 6) is 2.29. The Balaban J connectivity index is 1.20. The van der Waals surface area contributed by atoms with Crippen molar-refractivity contribution in [3.63, 3.8) is 0 Å². The zero-order valence-corrected chi connectivity index (χ0v) is 17.2. The Kier molecular flexibility index (Phi) is 6.22. The van der Waals surface area contributed by atoms with Crippen molar-refractivity contribution in [3.05, 3.63) is 65.5 Å². The molecule has 6 nitrogen and oxygen atoms in total. The Morgan fingerprint density at radius 2 is 1.69 bits per heavy atom. The number of aryl methyl sites for hydroxylation is 2. The number of hydrogen-bond donors (Lipinski definition) is 0. The number of hydrogen-bond acceptors (Lipinski definition) is 6. The number of rotatable bonds is 7. The third-order valence-corrected chi connectivity index (χ3v) is 5.27. The number of piperazine rings is 1. The van der Waals surface area contributed by atoms with E-state index in [1.807, 2.05) is 24.3 Å². The average Bonchev–Trinajstić information content (AvgIpc) is 3.18. The van der Waals surface area contributed by atoms with E-state index in [0.29, 0.717) is 24.9 Å². The molecule has 2 aromatic carbocycles. The summed E-state index contributed by atoms with van der Waals surface area (Å²) in [7, 11) is 0. The number of benzene rings is 2. The summed E-state index contributed by atoms with van der Waals surface area (Å²) in [6, 6.07) is 16.4. The molecule has 0 spiro atoms. The SMILES string of the molecule is Cc1ccc(-c2noc(CN3CCN(CCOc4cccc(C)c4)CC3)n2)cc1. The van der Waals surface area contributed by atoms with Gasteiger partial charge in [0.2, 0.25) is 11.7 Å². The zero-order valence-electron chi connectivity index (χ0n) is 17.2. The lowest BCUT2D eigenvalue weighted by Crippen LogP contribution is -2.47. The molecule has 1 aliphatic heterocycles. The molecule has 2 heterocycles. The van der Waals surface area contributed by atoms with E-state index < -0.39 is 0 Å². The van der Waals surface area contributed by atoms with Gasteiger partial charge in [-0.25, -0.2) is 0 Å². The molecule has 4 rings (SSSR count). The first-order valence-corrected chi connectivity index (χ1v) is 10.2. The lowest BCUT2D eigenvalue weighted by Gasteiger charge is -2.33. The number of aromatic nitrogens is 2. The van der Waals surface area contributed by atoms with Crippen LogP contribution in [0.1, 0.15) is 17.0 Å². The highest BCUT2D eigenvalue weighted by molar-refractivity contribution is 5.54. The van der Waals surface area contributed by atoms with Gasteiger partial charge >= 0.3 is 0 Å². The largest absolute Gasteiger partial charge is 0.492 e. The van der Waals surface area contributed by atoms with Crippen molar-refractivity contribution in [2.45, 2.75) is 20.4 Å². The molecule has 0 N–H and O–H groups in total. The molecule has 1 fully saturated rings. The van der Waals surface area contributed by atoms with Crippen LogP contribution in [0.25, 0.3) is 11.4 Å². The molecule has 3 aromatic rings. The van der Waals surface area contributed by atoms with Crippen LogP contribution in [-0.2, 0) is 6.54 Å². The van der Waals surface area contributed by atoms with Gasteiger partial charge in [0.25, 0.3) is 0 Å². The first-order chi connectivity index (χ1) is 14.2. The molecule has 0 amide bonds. The van der Waals surface area contributed by atoms with Crippen LogP contribution in [0.15, 0.2) is 53.1 Å². The second-order valence-corrected chi connectivity index (χ2v) is 7.66. The van der Waals surface area contributed by atoms with Crippen molar-refractivity contribution in [3.8, 4) is 17.1 Å². The molecular formula is C23H28N4O2. The third-order valence-electron chi connectivity index (χ3n) is 5.27. The minimum atomic E-state index is 0.659. The Morgan fingerprint density at radius 3 is 2.45 bits per heavy atom. The highest BCUT2D eigenvalue weighted by atomic mass is 16.5. The molecule has 1 aliphatic rings. The predicted molar refractivity (Wildman–Crippen MR) is 113 cm³/mol. The molecular weight excluding hydrogens is 364 g/mol. The maximum absolute atomic E-state index is 5.88. The maximum Gasteiger partial charge on any atom is 0.241 e. The van der Waals surface area contributed by atoms with Crippen LogP contribution >= 0.6 is 0 Å². The summed E-state index contributed by atoms with van der Waals surface area (Å²) in [6.07, 6.45) is 0. The van der Waals surface area contributed by atoms with Crippen LogP contribution < -0.4 is 4.74 Å². The van der Waals surface area contributed by atoms with E-state index in [1.165, 1.54) is 11.1 Å². The van der Waals surface area contributed by atoms with Crippen molar-refractivity contribution in [1.29, 1.82) is 0 Å². The Hall–Kier alpha value is -2.70. The molecule has 1 saturated heterocycles. The van der Waals surface area contributed by atoms with Gasteiger partial charge in [-0.15, -0.1) is 0 Å². The second kappa shape index (κ2) is 9.20. The summed E-state index contributed by atoms with van der Waals surface area (Å²) in [6.45, 7) is 10.5. The third kappa shape index (κ3) is 5.43. The van der Waals surface area contributed by atoms with Crippen LogP contribution in [0, 0.1) is 13.8 Å². The topological polar surface area (TPSA) is 54.6 Å². The fraction of sp³-hybridized carbons (Fsp3) is 0.391. The molecule has 152 valence electrons. The molecule has 0 unspecified atom stereocenters. The van der Waals surface area contributed by atoms with Crippen molar-refractivity contribution in [1.82, 2.24) is 19.9 Å². The van der Waals surface area contributed by atoms with Crippen LogP contribution in [0.2, 0.25) is 0 Å². The van der Waals surface area contributed by atoms with Crippen molar-refractivity contribution < 1.29 is 9.26 Å². The molecule has 0 bridgehead atoms. The van der Waals surface area contributed by atoms with Gasteiger partial charge in [0.15, 0.2) is 0 Å². The van der Waals surface area contributed by atoms with E-state index in [-0.39, 0.29) is 0 Å². The van der Waals surface area contributed by atoms with Gasteiger partial charge in [-0.2, -0.15) is 4.98 Å². The Bertz CT molecular complexity index is 915. The summed E-state index contributed by atoms with van der Waals surface area (Å²) in [4.78, 5) is 9.37. The minimum absolute atomic E-state index is 0.659. The van der Waals surface area contributed by atoms with E-state index in [0.717, 1.165) is 44.0 Å². The predicted octanol–water partition coefficient (Wildman–Crippen LogP) is 3.55. The molecule has 0 aliphatic carbocycles. The normalized spacial score (nSPS) is 15.5. The first-order valence-electron chi connectivity index (χ1n) is 10.2. The van der Waals surface area contributed by atoms with E-state index in [2.05, 4.69) is 58.1 Å². The zero-order chi connectivity index (χ0) is 20.1. The van der Waals surface area contributed by atoms with Gasteiger partial charge in [0.1, 0.15) is 12.4 Å². The number of nitrogens with zero attached hydrogens (tertiary/aromatic N) is 4. The standard InChI is InChI=1S/C23H28N4O2/c1-18-6-8-20(9-7-18)23-24-22(29-25-23)17-27-12-10-26(11-13-27)14-15-28-21-5-3-4-19(2)16-21/h3-9,16H,10-15,17H2,1-2H3. The summed E-state index contributed by atoms with van der Waals surface area (Å²) >= 11 is 0. The summed E-state index contributed by atoms with van der Waals surface area (Å²) in [5.41, 5.74) is 3.44. The lowest BCUT2D eigenvalue weighted by atomic mass is 10.1. The lowest BCUT2D eigenvalue weighted by molar-refractivity contribution is 0.104. The summed E-state index contributed by atoms with van der Waals surface area (Å²) in [5, 5.41) is 4.13. The maximum atomic E-state index is 5.88. The highest BCUT2D eigenvalue weighted by Crippen LogP contribution is 2.17. The van der Waals surface area contributed by atoms with Crippen molar-refractivity contribution in [2.24, 2.45) is 0 Å².